The highest BCUT2D eigenvalue weighted by atomic mass is 15.3. The fourth-order valence-corrected chi connectivity index (χ4v) is 0.897. The van der Waals surface area contributed by atoms with Gasteiger partial charge in [0.2, 0.25) is 5.96 Å². The van der Waals surface area contributed by atoms with Crippen molar-refractivity contribution in [2.24, 2.45) is 16.6 Å². The first-order valence-electron chi connectivity index (χ1n) is 3.90. The maximum Gasteiger partial charge on any atom is 0.203 e. The Labute approximate surface area is 76.8 Å². The standard InChI is InChI=1S/C8H13N5/c1-6-2-3-11-7(4-6)5-12-8(9)13-10/h2-4H,5,10H2,1H3,(H3,9,12,13). The number of hydrogen-bond acceptors (Lipinski definition) is 3. The number of aromatic nitrogens is 1. The van der Waals surface area contributed by atoms with Crippen molar-refractivity contribution in [1.82, 2.24) is 10.4 Å². The summed E-state index contributed by atoms with van der Waals surface area (Å²) in [5, 5.41) is 0. The predicted molar refractivity (Wildman–Crippen MR) is 51.6 cm³/mol. The first kappa shape index (κ1) is 9.47. The molecule has 5 N–H and O–H groups in total. The van der Waals surface area contributed by atoms with E-state index in [0.29, 0.717) is 6.54 Å². The lowest BCUT2D eigenvalue weighted by Gasteiger charge is -1.99. The van der Waals surface area contributed by atoms with Crippen LogP contribution < -0.4 is 17.0 Å². The Kier molecular flexibility index (Phi) is 3.22. The number of aryl methyl sites for hydroxylation is 1. The van der Waals surface area contributed by atoms with Crippen LogP contribution in [0.1, 0.15) is 11.3 Å². The molecule has 1 heterocycles. The molecule has 0 bridgehead atoms. The van der Waals surface area contributed by atoms with E-state index in [-0.39, 0.29) is 5.96 Å². The van der Waals surface area contributed by atoms with Crippen molar-refractivity contribution < 1.29 is 0 Å². The van der Waals surface area contributed by atoms with Crippen LogP contribution in [-0.2, 0) is 6.54 Å². The molecule has 5 nitrogen and oxygen atoms in total. The van der Waals surface area contributed by atoms with Gasteiger partial charge < -0.3 is 5.73 Å². The number of nitrogens with zero attached hydrogens (tertiary/aromatic N) is 2. The molecule has 0 saturated carbocycles. The normalized spacial score (nSPS) is 11.4. The van der Waals surface area contributed by atoms with E-state index in [1.165, 1.54) is 0 Å². The Bertz CT molecular complexity index is 307. The molecule has 0 aromatic carbocycles. The van der Waals surface area contributed by atoms with Gasteiger partial charge >= 0.3 is 0 Å². The van der Waals surface area contributed by atoms with E-state index in [4.69, 9.17) is 11.6 Å². The van der Waals surface area contributed by atoms with Crippen molar-refractivity contribution in [1.29, 1.82) is 0 Å². The number of guanidine groups is 1. The smallest absolute Gasteiger partial charge is 0.203 e. The number of nitrogens with two attached hydrogens (primary N) is 2. The van der Waals surface area contributed by atoms with E-state index in [1.54, 1.807) is 6.20 Å². The van der Waals surface area contributed by atoms with Crippen LogP contribution in [-0.4, -0.2) is 10.9 Å². The van der Waals surface area contributed by atoms with Crippen molar-refractivity contribution in [3.8, 4) is 0 Å². The minimum Gasteiger partial charge on any atom is -0.369 e. The lowest BCUT2D eigenvalue weighted by molar-refractivity contribution is 0.930. The number of aliphatic imine (C=N–C) groups is 1. The van der Waals surface area contributed by atoms with Gasteiger partial charge in [-0.15, -0.1) is 0 Å². The van der Waals surface area contributed by atoms with E-state index in [9.17, 15) is 0 Å². The van der Waals surface area contributed by atoms with Gasteiger partial charge in [-0.05, 0) is 24.6 Å². The summed E-state index contributed by atoms with van der Waals surface area (Å²) in [4.78, 5) is 8.06. The minimum absolute atomic E-state index is 0.211. The van der Waals surface area contributed by atoms with Crippen LogP contribution in [0, 0.1) is 6.92 Å². The monoisotopic (exact) mass is 179 g/mol. The second-order valence-electron chi connectivity index (χ2n) is 2.67. The van der Waals surface area contributed by atoms with Crippen LogP contribution >= 0.6 is 0 Å². The summed E-state index contributed by atoms with van der Waals surface area (Å²) in [6, 6.07) is 3.88. The molecular formula is C8H13N5. The van der Waals surface area contributed by atoms with Gasteiger partial charge in [0.15, 0.2) is 0 Å². The SMILES string of the molecule is Cc1ccnc(CN=C(N)NN)c1. The van der Waals surface area contributed by atoms with Gasteiger partial charge in [-0.1, -0.05) is 0 Å². The molecule has 1 aromatic rings. The average Bonchev–Trinajstić information content (AvgIpc) is 2.14. The van der Waals surface area contributed by atoms with E-state index < -0.39 is 0 Å². The van der Waals surface area contributed by atoms with Crippen molar-refractivity contribution in [3.63, 3.8) is 0 Å². The van der Waals surface area contributed by atoms with Crippen molar-refractivity contribution >= 4 is 5.96 Å². The third-order valence-electron chi connectivity index (χ3n) is 1.53. The van der Waals surface area contributed by atoms with E-state index >= 15 is 0 Å². The highest BCUT2D eigenvalue weighted by Gasteiger charge is 1.93. The summed E-state index contributed by atoms with van der Waals surface area (Å²) in [5.74, 6) is 5.25. The molecule has 0 atom stereocenters. The first-order valence-corrected chi connectivity index (χ1v) is 3.90. The zero-order valence-electron chi connectivity index (χ0n) is 7.49. The number of pyridine rings is 1. The summed E-state index contributed by atoms with van der Waals surface area (Å²) in [7, 11) is 0. The van der Waals surface area contributed by atoms with Gasteiger partial charge in [0.1, 0.15) is 0 Å². The molecule has 0 aliphatic rings. The van der Waals surface area contributed by atoms with Gasteiger partial charge in [-0.3, -0.25) is 10.4 Å². The van der Waals surface area contributed by atoms with Crippen LogP contribution in [0.25, 0.3) is 0 Å². The Morgan fingerprint density at radius 3 is 3.08 bits per heavy atom. The molecule has 1 aromatic heterocycles. The molecule has 0 radical (unpaired) electrons. The Hall–Kier alpha value is -1.62. The molecule has 0 amide bonds. The summed E-state index contributed by atoms with van der Waals surface area (Å²) in [6.45, 7) is 2.44. The lowest BCUT2D eigenvalue weighted by atomic mass is 10.2. The third kappa shape index (κ3) is 3.08. The average molecular weight is 179 g/mol. The van der Waals surface area contributed by atoms with Crippen LogP contribution in [0.2, 0.25) is 0 Å². The highest BCUT2D eigenvalue weighted by Crippen LogP contribution is 2.00. The van der Waals surface area contributed by atoms with Crippen molar-refractivity contribution in [3.05, 3.63) is 29.6 Å². The molecule has 0 aliphatic carbocycles. The van der Waals surface area contributed by atoms with Crippen molar-refractivity contribution in [2.75, 3.05) is 0 Å². The van der Waals surface area contributed by atoms with Crippen LogP contribution in [0.3, 0.4) is 0 Å². The number of hydrazine groups is 1. The summed E-state index contributed by atoms with van der Waals surface area (Å²) in [5.41, 5.74) is 9.62. The summed E-state index contributed by atoms with van der Waals surface area (Å²) in [6.07, 6.45) is 1.74. The van der Waals surface area contributed by atoms with E-state index in [0.717, 1.165) is 11.3 Å². The van der Waals surface area contributed by atoms with Gasteiger partial charge in [0, 0.05) is 6.20 Å². The molecule has 70 valence electrons. The topological polar surface area (TPSA) is 89.3 Å². The maximum absolute atomic E-state index is 5.34. The summed E-state index contributed by atoms with van der Waals surface area (Å²) >= 11 is 0. The Morgan fingerprint density at radius 2 is 2.46 bits per heavy atom. The van der Waals surface area contributed by atoms with Crippen molar-refractivity contribution in [2.45, 2.75) is 13.5 Å². The molecule has 5 heteroatoms. The molecule has 0 unspecified atom stereocenters. The fraction of sp³-hybridized carbons (Fsp3) is 0.250. The van der Waals surface area contributed by atoms with Crippen LogP contribution in [0.4, 0.5) is 0 Å². The lowest BCUT2D eigenvalue weighted by Crippen LogP contribution is -2.37. The fourth-order valence-electron chi connectivity index (χ4n) is 0.897. The van der Waals surface area contributed by atoms with Gasteiger partial charge in [-0.25, -0.2) is 10.8 Å². The highest BCUT2D eigenvalue weighted by molar-refractivity contribution is 5.77. The largest absolute Gasteiger partial charge is 0.369 e. The molecule has 0 fully saturated rings. The zero-order chi connectivity index (χ0) is 9.68. The van der Waals surface area contributed by atoms with Gasteiger partial charge in [-0.2, -0.15) is 0 Å². The molecule has 13 heavy (non-hydrogen) atoms. The molecule has 1 rings (SSSR count). The predicted octanol–water partition coefficient (Wildman–Crippen LogP) is -0.332. The second kappa shape index (κ2) is 4.42. The first-order chi connectivity index (χ1) is 6.22. The number of nitrogens with one attached hydrogen (secondary N) is 1. The molecule has 0 aliphatic heterocycles. The third-order valence-corrected chi connectivity index (χ3v) is 1.53. The minimum atomic E-state index is 0.211. The van der Waals surface area contributed by atoms with Gasteiger partial charge in [0.05, 0.1) is 12.2 Å². The van der Waals surface area contributed by atoms with E-state index in [1.807, 2.05) is 19.1 Å². The molecular weight excluding hydrogens is 166 g/mol. The molecule has 0 spiro atoms. The van der Waals surface area contributed by atoms with Crippen LogP contribution in [0.5, 0.6) is 0 Å². The van der Waals surface area contributed by atoms with Gasteiger partial charge in [0.25, 0.3) is 0 Å². The zero-order valence-corrected chi connectivity index (χ0v) is 7.49. The molecule has 0 saturated heterocycles. The van der Waals surface area contributed by atoms with Crippen LogP contribution in [0.15, 0.2) is 23.3 Å². The van der Waals surface area contributed by atoms with E-state index in [2.05, 4.69) is 15.4 Å². The maximum atomic E-state index is 5.34. The Balaban J connectivity index is 2.64. The quantitative estimate of drug-likeness (QED) is 0.251. The summed E-state index contributed by atoms with van der Waals surface area (Å²) < 4.78 is 0. The number of hydrogen-bond donors (Lipinski definition) is 3. The second-order valence-corrected chi connectivity index (χ2v) is 2.67. The Morgan fingerprint density at radius 1 is 1.69 bits per heavy atom. The number of rotatable bonds is 2.